The highest BCUT2D eigenvalue weighted by atomic mass is 32.2. The predicted octanol–water partition coefficient (Wildman–Crippen LogP) is 2.94. The minimum atomic E-state index is 0.161. The van der Waals surface area contributed by atoms with E-state index in [1.807, 2.05) is 31.4 Å². The Labute approximate surface area is 95.0 Å². The summed E-state index contributed by atoms with van der Waals surface area (Å²) in [7, 11) is 0. The van der Waals surface area contributed by atoms with Crippen molar-refractivity contribution in [2.75, 3.05) is 12.9 Å². The Morgan fingerprint density at radius 2 is 2.20 bits per heavy atom. The van der Waals surface area contributed by atoms with E-state index in [0.29, 0.717) is 13.0 Å². The Kier molecular flexibility index (Phi) is 4.69. The fourth-order valence-electron chi connectivity index (χ4n) is 1.39. The summed E-state index contributed by atoms with van der Waals surface area (Å²) in [5, 5.41) is 0. The number of carbonyl (C=O) groups is 1. The molecule has 0 heterocycles. The molecule has 0 atom stereocenters. The first kappa shape index (κ1) is 12.1. The van der Waals surface area contributed by atoms with E-state index in [4.69, 9.17) is 4.74 Å². The van der Waals surface area contributed by atoms with Gasteiger partial charge in [0, 0.05) is 16.9 Å². The van der Waals surface area contributed by atoms with Gasteiger partial charge in [-0.05, 0) is 38.3 Å². The van der Waals surface area contributed by atoms with Crippen molar-refractivity contribution in [3.8, 4) is 5.75 Å². The van der Waals surface area contributed by atoms with Crippen LogP contribution in [0, 0.1) is 0 Å². The van der Waals surface area contributed by atoms with Crippen molar-refractivity contribution >= 4 is 17.5 Å². The van der Waals surface area contributed by atoms with Gasteiger partial charge in [0.05, 0.1) is 6.61 Å². The molecular formula is C12H16O2S. The van der Waals surface area contributed by atoms with E-state index >= 15 is 0 Å². The van der Waals surface area contributed by atoms with Crippen molar-refractivity contribution < 1.29 is 9.53 Å². The normalized spacial score (nSPS) is 10.1. The largest absolute Gasteiger partial charge is 0.494 e. The standard InChI is InChI=1S/C12H16O2S/c1-4-14-12-6-5-11(15-3)8-10(12)7-9(2)13/h5-6,8H,4,7H2,1-3H3. The first-order valence-electron chi connectivity index (χ1n) is 4.96. The maximum Gasteiger partial charge on any atom is 0.134 e. The third-order valence-electron chi connectivity index (χ3n) is 2.01. The smallest absolute Gasteiger partial charge is 0.134 e. The fourth-order valence-corrected chi connectivity index (χ4v) is 1.85. The second-order valence-corrected chi connectivity index (χ2v) is 4.17. The van der Waals surface area contributed by atoms with Crippen LogP contribution in [0.1, 0.15) is 19.4 Å². The average molecular weight is 224 g/mol. The summed E-state index contributed by atoms with van der Waals surface area (Å²) in [5.41, 5.74) is 0.983. The highest BCUT2D eigenvalue weighted by molar-refractivity contribution is 7.98. The van der Waals surface area contributed by atoms with E-state index in [0.717, 1.165) is 16.2 Å². The molecule has 1 aromatic rings. The molecule has 0 bridgehead atoms. The molecule has 0 spiro atoms. The maximum atomic E-state index is 11.1. The molecule has 0 aliphatic carbocycles. The third-order valence-corrected chi connectivity index (χ3v) is 2.73. The van der Waals surface area contributed by atoms with Gasteiger partial charge < -0.3 is 4.74 Å². The predicted molar refractivity (Wildman–Crippen MR) is 63.8 cm³/mol. The molecule has 0 fully saturated rings. The molecule has 1 aromatic carbocycles. The summed E-state index contributed by atoms with van der Waals surface area (Å²) in [4.78, 5) is 12.3. The van der Waals surface area contributed by atoms with E-state index in [2.05, 4.69) is 0 Å². The van der Waals surface area contributed by atoms with E-state index in [1.54, 1.807) is 18.7 Å². The third kappa shape index (κ3) is 3.59. The van der Waals surface area contributed by atoms with Gasteiger partial charge in [-0.3, -0.25) is 4.79 Å². The zero-order valence-electron chi connectivity index (χ0n) is 9.37. The van der Waals surface area contributed by atoms with Crippen LogP contribution < -0.4 is 4.74 Å². The first-order chi connectivity index (χ1) is 7.17. The number of hydrogen-bond acceptors (Lipinski definition) is 3. The lowest BCUT2D eigenvalue weighted by atomic mass is 10.1. The summed E-state index contributed by atoms with van der Waals surface area (Å²) >= 11 is 1.67. The second-order valence-electron chi connectivity index (χ2n) is 3.29. The Hall–Kier alpha value is -0.960. The number of Topliss-reactive ketones (excluding diaryl/α,β-unsaturated/α-hetero) is 1. The molecule has 0 unspecified atom stereocenters. The lowest BCUT2D eigenvalue weighted by molar-refractivity contribution is -0.116. The van der Waals surface area contributed by atoms with Crippen LogP contribution in [0.2, 0.25) is 0 Å². The number of thioether (sulfide) groups is 1. The van der Waals surface area contributed by atoms with Gasteiger partial charge in [0.2, 0.25) is 0 Å². The molecule has 0 aliphatic heterocycles. The lowest BCUT2D eigenvalue weighted by Gasteiger charge is -2.10. The van der Waals surface area contributed by atoms with Crippen LogP contribution in [-0.2, 0) is 11.2 Å². The Balaban J connectivity index is 2.98. The topological polar surface area (TPSA) is 26.3 Å². The number of rotatable bonds is 5. The highest BCUT2D eigenvalue weighted by Gasteiger charge is 2.06. The zero-order chi connectivity index (χ0) is 11.3. The van der Waals surface area contributed by atoms with Gasteiger partial charge in [-0.15, -0.1) is 11.8 Å². The van der Waals surface area contributed by atoms with Crippen molar-refractivity contribution in [1.82, 2.24) is 0 Å². The van der Waals surface area contributed by atoms with Crippen LogP contribution in [0.3, 0.4) is 0 Å². The number of benzene rings is 1. The van der Waals surface area contributed by atoms with E-state index in [-0.39, 0.29) is 5.78 Å². The minimum absolute atomic E-state index is 0.161. The number of ketones is 1. The number of hydrogen-bond donors (Lipinski definition) is 0. The average Bonchev–Trinajstić information content (AvgIpc) is 2.20. The van der Waals surface area contributed by atoms with Crippen molar-refractivity contribution in [2.24, 2.45) is 0 Å². The molecule has 0 aromatic heterocycles. The summed E-state index contributed by atoms with van der Waals surface area (Å²) in [6.45, 7) is 4.17. The monoisotopic (exact) mass is 224 g/mol. The summed E-state index contributed by atoms with van der Waals surface area (Å²) in [6.07, 6.45) is 2.47. The molecule has 15 heavy (non-hydrogen) atoms. The molecule has 1 rings (SSSR count). The Morgan fingerprint density at radius 1 is 1.47 bits per heavy atom. The van der Waals surface area contributed by atoms with Crippen molar-refractivity contribution in [1.29, 1.82) is 0 Å². The highest BCUT2D eigenvalue weighted by Crippen LogP contribution is 2.25. The van der Waals surface area contributed by atoms with Crippen LogP contribution in [0.5, 0.6) is 5.75 Å². The first-order valence-corrected chi connectivity index (χ1v) is 6.19. The molecule has 0 saturated carbocycles. The van der Waals surface area contributed by atoms with Gasteiger partial charge in [0.1, 0.15) is 11.5 Å². The molecule has 2 nitrogen and oxygen atoms in total. The molecule has 0 aliphatic rings. The molecule has 3 heteroatoms. The summed E-state index contributed by atoms with van der Waals surface area (Å²) < 4.78 is 5.48. The van der Waals surface area contributed by atoms with Crippen LogP contribution in [0.15, 0.2) is 23.1 Å². The van der Waals surface area contributed by atoms with Crippen molar-refractivity contribution in [2.45, 2.75) is 25.2 Å². The van der Waals surface area contributed by atoms with Gasteiger partial charge in [-0.1, -0.05) is 0 Å². The molecule has 0 amide bonds. The summed E-state index contributed by atoms with van der Waals surface area (Å²) in [5.74, 6) is 0.986. The van der Waals surface area contributed by atoms with Gasteiger partial charge in [0.25, 0.3) is 0 Å². The molecule has 0 N–H and O–H groups in total. The van der Waals surface area contributed by atoms with Crippen LogP contribution >= 0.6 is 11.8 Å². The lowest BCUT2D eigenvalue weighted by Crippen LogP contribution is -2.01. The molecule has 82 valence electrons. The molecule has 0 saturated heterocycles. The van der Waals surface area contributed by atoms with Crippen molar-refractivity contribution in [3.05, 3.63) is 23.8 Å². The van der Waals surface area contributed by atoms with Crippen LogP contribution in [0.4, 0.5) is 0 Å². The summed E-state index contributed by atoms with van der Waals surface area (Å²) in [6, 6.07) is 5.98. The van der Waals surface area contributed by atoms with Gasteiger partial charge in [-0.2, -0.15) is 0 Å². The van der Waals surface area contributed by atoms with E-state index < -0.39 is 0 Å². The minimum Gasteiger partial charge on any atom is -0.494 e. The van der Waals surface area contributed by atoms with Gasteiger partial charge in [0.15, 0.2) is 0 Å². The Bertz CT molecular complexity index is 347. The van der Waals surface area contributed by atoms with E-state index in [9.17, 15) is 4.79 Å². The van der Waals surface area contributed by atoms with Gasteiger partial charge in [-0.25, -0.2) is 0 Å². The molecule has 0 radical (unpaired) electrons. The number of carbonyl (C=O) groups excluding carboxylic acids is 1. The number of ether oxygens (including phenoxy) is 1. The quantitative estimate of drug-likeness (QED) is 0.719. The molecular weight excluding hydrogens is 208 g/mol. The van der Waals surface area contributed by atoms with Crippen LogP contribution in [0.25, 0.3) is 0 Å². The Morgan fingerprint density at radius 3 is 2.73 bits per heavy atom. The van der Waals surface area contributed by atoms with Gasteiger partial charge >= 0.3 is 0 Å². The zero-order valence-corrected chi connectivity index (χ0v) is 10.2. The SMILES string of the molecule is CCOc1ccc(SC)cc1CC(C)=O. The van der Waals surface area contributed by atoms with E-state index in [1.165, 1.54) is 0 Å². The fraction of sp³-hybridized carbons (Fsp3) is 0.417. The second kappa shape index (κ2) is 5.81. The maximum absolute atomic E-state index is 11.1. The van der Waals surface area contributed by atoms with Crippen LogP contribution in [-0.4, -0.2) is 18.6 Å². The van der Waals surface area contributed by atoms with Crippen molar-refractivity contribution in [3.63, 3.8) is 0 Å².